The predicted molar refractivity (Wildman–Crippen MR) is 215 cm³/mol. The monoisotopic (exact) mass is 758 g/mol. The summed E-state index contributed by atoms with van der Waals surface area (Å²) in [4.78, 5) is 34.8. The summed E-state index contributed by atoms with van der Waals surface area (Å²) in [6, 6.07) is 0. The number of unbranched alkanes of at least 4 members (excludes halogenated alkanes) is 23. The van der Waals surface area contributed by atoms with Crippen molar-refractivity contribution in [1.29, 1.82) is 0 Å². The molecule has 10 heteroatoms. The minimum absolute atomic E-state index is 0.0545. The smallest absolute Gasteiger partial charge is 0.462 e. The van der Waals surface area contributed by atoms with Gasteiger partial charge in [-0.15, -0.1) is 0 Å². The van der Waals surface area contributed by atoms with Gasteiger partial charge < -0.3 is 20.1 Å². The largest absolute Gasteiger partial charge is 0.472 e. The van der Waals surface area contributed by atoms with Crippen LogP contribution in [0.15, 0.2) is 24.3 Å². The molecular weight excluding hydrogens is 677 g/mol. The molecule has 0 aliphatic rings. The van der Waals surface area contributed by atoms with Crippen molar-refractivity contribution in [1.82, 2.24) is 0 Å². The second kappa shape index (κ2) is 39.2. The standard InChI is InChI=1S/C42H80NO8P/c1-3-5-7-9-11-13-15-17-18-19-20-21-22-23-25-26-28-30-32-34-41(44)48-38-40(39-50-52(46,47)49-37-36-43)51-42(45)35-33-31-29-27-24-16-14-12-10-8-6-4-2/h11,13,17-18,40H,3-10,12,14-16,19-39,43H2,1-2H3,(H,46,47)/t40-/m1/s1. The number of phosphoric acid groups is 1. The molecule has 0 aromatic rings. The lowest BCUT2D eigenvalue weighted by Gasteiger charge is -2.19. The fourth-order valence-electron chi connectivity index (χ4n) is 5.90. The number of phosphoric ester groups is 1. The van der Waals surface area contributed by atoms with Gasteiger partial charge in [-0.3, -0.25) is 18.6 Å². The van der Waals surface area contributed by atoms with Crippen LogP contribution >= 0.6 is 7.82 Å². The number of nitrogens with two attached hydrogens (primary N) is 1. The van der Waals surface area contributed by atoms with Gasteiger partial charge in [0.25, 0.3) is 0 Å². The number of allylic oxidation sites excluding steroid dienone is 4. The second-order valence-corrected chi connectivity index (χ2v) is 15.7. The van der Waals surface area contributed by atoms with Crippen molar-refractivity contribution in [3.63, 3.8) is 0 Å². The van der Waals surface area contributed by atoms with Crippen LogP contribution in [0.25, 0.3) is 0 Å². The average Bonchev–Trinajstić information content (AvgIpc) is 3.13. The van der Waals surface area contributed by atoms with Crippen LogP contribution in [0, 0.1) is 0 Å². The normalized spacial score (nSPS) is 13.5. The van der Waals surface area contributed by atoms with E-state index in [1.54, 1.807) is 0 Å². The summed E-state index contributed by atoms with van der Waals surface area (Å²) in [6.07, 6.45) is 40.6. The number of esters is 2. The molecule has 0 aliphatic heterocycles. The number of rotatable bonds is 40. The van der Waals surface area contributed by atoms with Crippen LogP contribution in [-0.2, 0) is 32.7 Å². The van der Waals surface area contributed by atoms with Crippen LogP contribution in [0.5, 0.6) is 0 Å². The van der Waals surface area contributed by atoms with Gasteiger partial charge in [0.15, 0.2) is 6.10 Å². The molecule has 0 bridgehead atoms. The number of carbonyl (C=O) groups is 2. The average molecular weight is 758 g/mol. The van der Waals surface area contributed by atoms with Gasteiger partial charge in [-0.25, -0.2) is 4.57 Å². The van der Waals surface area contributed by atoms with Crippen molar-refractivity contribution in [3.05, 3.63) is 24.3 Å². The Labute approximate surface area is 319 Å². The number of ether oxygens (including phenoxy) is 2. The van der Waals surface area contributed by atoms with Gasteiger partial charge in [-0.2, -0.15) is 0 Å². The molecule has 0 saturated carbocycles. The van der Waals surface area contributed by atoms with Gasteiger partial charge in [0, 0.05) is 19.4 Å². The number of hydrogen-bond acceptors (Lipinski definition) is 8. The van der Waals surface area contributed by atoms with Gasteiger partial charge in [0.1, 0.15) is 6.61 Å². The van der Waals surface area contributed by atoms with E-state index < -0.39 is 26.5 Å². The van der Waals surface area contributed by atoms with Crippen LogP contribution < -0.4 is 5.73 Å². The molecule has 2 atom stereocenters. The fraction of sp³-hybridized carbons (Fsp3) is 0.857. The third-order valence-electron chi connectivity index (χ3n) is 9.09. The first-order valence-electron chi connectivity index (χ1n) is 21.3. The summed E-state index contributed by atoms with van der Waals surface area (Å²) in [7, 11) is -4.37. The van der Waals surface area contributed by atoms with E-state index in [4.69, 9.17) is 24.3 Å². The highest BCUT2D eigenvalue weighted by Gasteiger charge is 2.26. The van der Waals surface area contributed by atoms with E-state index in [0.717, 1.165) is 38.5 Å². The third-order valence-corrected chi connectivity index (χ3v) is 10.1. The maximum Gasteiger partial charge on any atom is 0.472 e. The first-order valence-corrected chi connectivity index (χ1v) is 22.8. The van der Waals surface area contributed by atoms with E-state index in [9.17, 15) is 19.0 Å². The molecule has 0 heterocycles. The zero-order valence-electron chi connectivity index (χ0n) is 33.6. The summed E-state index contributed by atoms with van der Waals surface area (Å²) in [6.45, 7) is 3.71. The van der Waals surface area contributed by atoms with E-state index in [1.807, 2.05) is 0 Å². The summed E-state index contributed by atoms with van der Waals surface area (Å²) < 4.78 is 32.7. The van der Waals surface area contributed by atoms with E-state index in [-0.39, 0.29) is 38.6 Å². The molecule has 3 N–H and O–H groups in total. The van der Waals surface area contributed by atoms with Crippen molar-refractivity contribution >= 4 is 19.8 Å². The molecule has 0 aromatic carbocycles. The molecule has 0 aromatic heterocycles. The SMILES string of the molecule is CCCCCC=CCC=CCCCCCCCCCCCC(=O)OC[C@H](COP(=O)(O)OCCN)OC(=O)CCCCCCCCCCCCCC. The lowest BCUT2D eigenvalue weighted by Crippen LogP contribution is -2.29. The Balaban J connectivity index is 4.11. The molecule has 0 radical (unpaired) electrons. The van der Waals surface area contributed by atoms with E-state index in [1.165, 1.54) is 128 Å². The van der Waals surface area contributed by atoms with Crippen molar-refractivity contribution in [3.8, 4) is 0 Å². The molecule has 0 fully saturated rings. The van der Waals surface area contributed by atoms with Gasteiger partial charge in [-0.1, -0.05) is 167 Å². The molecule has 0 spiro atoms. The molecule has 0 aliphatic carbocycles. The number of hydrogen-bond donors (Lipinski definition) is 2. The lowest BCUT2D eigenvalue weighted by atomic mass is 10.0. The predicted octanol–water partition coefficient (Wildman–Crippen LogP) is 12.0. The molecule has 0 saturated heterocycles. The minimum Gasteiger partial charge on any atom is -0.462 e. The first kappa shape index (κ1) is 50.5. The Bertz CT molecular complexity index is 912. The van der Waals surface area contributed by atoms with E-state index >= 15 is 0 Å². The highest BCUT2D eigenvalue weighted by molar-refractivity contribution is 7.47. The van der Waals surface area contributed by atoms with Gasteiger partial charge in [0.2, 0.25) is 0 Å². The highest BCUT2D eigenvalue weighted by atomic mass is 31.2. The molecule has 0 amide bonds. The van der Waals surface area contributed by atoms with Crippen molar-refractivity contribution < 1.29 is 37.6 Å². The van der Waals surface area contributed by atoms with Crippen LogP contribution in [0.2, 0.25) is 0 Å². The van der Waals surface area contributed by atoms with Crippen LogP contribution in [0.3, 0.4) is 0 Å². The van der Waals surface area contributed by atoms with Crippen LogP contribution in [-0.4, -0.2) is 49.3 Å². The third kappa shape index (κ3) is 38.2. The van der Waals surface area contributed by atoms with Crippen LogP contribution in [0.4, 0.5) is 0 Å². The van der Waals surface area contributed by atoms with Crippen LogP contribution in [0.1, 0.15) is 200 Å². The van der Waals surface area contributed by atoms with Gasteiger partial charge in [0.05, 0.1) is 13.2 Å². The number of carbonyl (C=O) groups excluding carboxylic acids is 2. The second-order valence-electron chi connectivity index (χ2n) is 14.2. The maximum atomic E-state index is 12.5. The Morgan fingerprint density at radius 2 is 1.00 bits per heavy atom. The molecule has 52 heavy (non-hydrogen) atoms. The maximum absolute atomic E-state index is 12.5. The van der Waals surface area contributed by atoms with E-state index in [2.05, 4.69) is 38.2 Å². The lowest BCUT2D eigenvalue weighted by molar-refractivity contribution is -0.161. The quantitative estimate of drug-likeness (QED) is 0.0271. The summed E-state index contributed by atoms with van der Waals surface area (Å²) in [5.41, 5.74) is 5.34. The van der Waals surface area contributed by atoms with Gasteiger partial charge >= 0.3 is 19.8 Å². The van der Waals surface area contributed by atoms with Crippen molar-refractivity contribution in [2.45, 2.75) is 206 Å². The van der Waals surface area contributed by atoms with Gasteiger partial charge in [-0.05, 0) is 44.9 Å². The van der Waals surface area contributed by atoms with Crippen molar-refractivity contribution in [2.75, 3.05) is 26.4 Å². The molecule has 1 unspecified atom stereocenters. The Morgan fingerprint density at radius 3 is 1.50 bits per heavy atom. The Hall–Kier alpha value is -1.51. The first-order chi connectivity index (χ1) is 25.3. The Kier molecular flexibility index (Phi) is 38.1. The zero-order chi connectivity index (χ0) is 38.2. The topological polar surface area (TPSA) is 134 Å². The molecule has 306 valence electrons. The fourth-order valence-corrected chi connectivity index (χ4v) is 6.67. The minimum atomic E-state index is -4.37. The van der Waals surface area contributed by atoms with E-state index in [0.29, 0.717) is 6.42 Å². The van der Waals surface area contributed by atoms with Crippen molar-refractivity contribution in [2.24, 2.45) is 5.73 Å². The zero-order valence-corrected chi connectivity index (χ0v) is 34.4. The Morgan fingerprint density at radius 1 is 0.577 bits per heavy atom. The highest BCUT2D eigenvalue weighted by Crippen LogP contribution is 2.43. The summed E-state index contributed by atoms with van der Waals surface area (Å²) >= 11 is 0. The summed E-state index contributed by atoms with van der Waals surface area (Å²) in [5, 5.41) is 0. The molecule has 0 rings (SSSR count). The molecular formula is C42H80NO8P. The summed E-state index contributed by atoms with van der Waals surface area (Å²) in [5.74, 6) is -0.828. The molecule has 9 nitrogen and oxygen atoms in total.